The standard InChI is InChI=1S/C28H36ClN5O2/c1-21(2)20-30-26(35)12-15-34(14-7-13-33-16-18-36-19-17-33)28-23-9-4-6-11-25(23)31-27(32-28)22-8-3-5-10-24(22)29/h3-6,8-11,21H,7,12-20H2,1-2H3,(H,30,35). The Kier molecular flexibility index (Phi) is 9.50. The smallest absolute Gasteiger partial charge is 0.221 e. The molecule has 0 unspecified atom stereocenters. The molecule has 1 aliphatic rings. The topological polar surface area (TPSA) is 70.6 Å². The lowest BCUT2D eigenvalue weighted by Crippen LogP contribution is -2.39. The van der Waals surface area contributed by atoms with E-state index in [1.54, 1.807) is 0 Å². The van der Waals surface area contributed by atoms with Crippen molar-refractivity contribution in [3.63, 3.8) is 0 Å². The van der Waals surface area contributed by atoms with Gasteiger partial charge in [0.15, 0.2) is 5.82 Å². The van der Waals surface area contributed by atoms with Crippen molar-refractivity contribution in [1.29, 1.82) is 0 Å². The normalized spacial score (nSPS) is 14.3. The van der Waals surface area contributed by atoms with Crippen LogP contribution in [0, 0.1) is 5.92 Å². The number of nitrogens with one attached hydrogen (secondary N) is 1. The van der Waals surface area contributed by atoms with Gasteiger partial charge in [-0.1, -0.05) is 49.7 Å². The van der Waals surface area contributed by atoms with Gasteiger partial charge < -0.3 is 15.0 Å². The molecule has 0 bridgehead atoms. The van der Waals surface area contributed by atoms with Gasteiger partial charge in [0.2, 0.25) is 5.91 Å². The average molecular weight is 510 g/mol. The summed E-state index contributed by atoms with van der Waals surface area (Å²) in [5.74, 6) is 1.92. The maximum atomic E-state index is 12.6. The fourth-order valence-corrected chi connectivity index (χ4v) is 4.56. The van der Waals surface area contributed by atoms with Gasteiger partial charge in [0.05, 0.1) is 23.8 Å². The minimum Gasteiger partial charge on any atom is -0.379 e. The van der Waals surface area contributed by atoms with Crippen LogP contribution in [-0.4, -0.2) is 73.3 Å². The molecule has 8 heteroatoms. The van der Waals surface area contributed by atoms with Crippen LogP contribution in [0.5, 0.6) is 0 Å². The molecule has 0 spiro atoms. The van der Waals surface area contributed by atoms with Crippen molar-refractivity contribution in [2.24, 2.45) is 5.92 Å². The number of ether oxygens (including phenoxy) is 1. The fourth-order valence-electron chi connectivity index (χ4n) is 4.34. The predicted molar refractivity (Wildman–Crippen MR) is 147 cm³/mol. The summed E-state index contributed by atoms with van der Waals surface area (Å²) >= 11 is 6.51. The molecule has 3 aromatic rings. The van der Waals surface area contributed by atoms with Gasteiger partial charge in [-0.25, -0.2) is 9.97 Å². The van der Waals surface area contributed by atoms with Crippen molar-refractivity contribution in [2.45, 2.75) is 26.7 Å². The fraction of sp³-hybridized carbons (Fsp3) is 0.464. The number of carbonyl (C=O) groups excluding carboxylic acids is 1. The SMILES string of the molecule is CC(C)CNC(=O)CCN(CCCN1CCOCC1)c1nc(-c2ccccc2Cl)nc2ccccc12. The second kappa shape index (κ2) is 13.0. The van der Waals surface area contributed by atoms with Crippen LogP contribution in [0.3, 0.4) is 0 Å². The number of carbonyl (C=O) groups is 1. The van der Waals surface area contributed by atoms with Gasteiger partial charge in [-0.3, -0.25) is 9.69 Å². The van der Waals surface area contributed by atoms with E-state index in [-0.39, 0.29) is 5.91 Å². The lowest BCUT2D eigenvalue weighted by molar-refractivity contribution is -0.121. The molecule has 2 aromatic carbocycles. The highest BCUT2D eigenvalue weighted by molar-refractivity contribution is 6.33. The molecule has 2 heterocycles. The number of hydrogen-bond donors (Lipinski definition) is 1. The third-order valence-corrected chi connectivity index (χ3v) is 6.65. The molecule has 192 valence electrons. The molecule has 7 nitrogen and oxygen atoms in total. The minimum atomic E-state index is 0.0616. The summed E-state index contributed by atoms with van der Waals surface area (Å²) in [6.45, 7) is 10.7. The maximum Gasteiger partial charge on any atom is 0.221 e. The predicted octanol–water partition coefficient (Wildman–Crippen LogP) is 4.64. The first kappa shape index (κ1) is 26.3. The van der Waals surface area contributed by atoms with E-state index in [9.17, 15) is 4.79 Å². The van der Waals surface area contributed by atoms with E-state index >= 15 is 0 Å². The number of aromatic nitrogens is 2. The zero-order chi connectivity index (χ0) is 25.3. The highest BCUT2D eigenvalue weighted by Crippen LogP contribution is 2.31. The number of halogens is 1. The van der Waals surface area contributed by atoms with Crippen molar-refractivity contribution in [1.82, 2.24) is 20.2 Å². The molecule has 0 aliphatic carbocycles. The van der Waals surface area contributed by atoms with Crippen LogP contribution in [0.4, 0.5) is 5.82 Å². The molecular formula is C28H36ClN5O2. The summed E-state index contributed by atoms with van der Waals surface area (Å²) < 4.78 is 5.49. The largest absolute Gasteiger partial charge is 0.379 e. The van der Waals surface area contributed by atoms with E-state index in [2.05, 4.69) is 35.0 Å². The molecule has 0 atom stereocenters. The van der Waals surface area contributed by atoms with Crippen molar-refractivity contribution in [3.05, 3.63) is 53.6 Å². The van der Waals surface area contributed by atoms with Gasteiger partial charge in [0.1, 0.15) is 5.82 Å². The molecule has 1 N–H and O–H groups in total. The van der Waals surface area contributed by atoms with Crippen LogP contribution in [0.1, 0.15) is 26.7 Å². The first-order valence-electron chi connectivity index (χ1n) is 12.8. The number of para-hydroxylation sites is 1. The van der Waals surface area contributed by atoms with Gasteiger partial charge >= 0.3 is 0 Å². The number of hydrogen-bond acceptors (Lipinski definition) is 6. The van der Waals surface area contributed by atoms with Crippen LogP contribution < -0.4 is 10.2 Å². The Morgan fingerprint density at radius 3 is 2.61 bits per heavy atom. The Hall–Kier alpha value is -2.74. The maximum absolute atomic E-state index is 12.6. The Balaban J connectivity index is 1.61. The van der Waals surface area contributed by atoms with Crippen LogP contribution in [0.2, 0.25) is 5.02 Å². The highest BCUT2D eigenvalue weighted by Gasteiger charge is 2.19. The van der Waals surface area contributed by atoms with Gasteiger partial charge in [0, 0.05) is 56.6 Å². The summed E-state index contributed by atoms with van der Waals surface area (Å²) in [7, 11) is 0. The number of benzene rings is 2. The van der Waals surface area contributed by atoms with Gasteiger partial charge in [-0.2, -0.15) is 0 Å². The molecule has 36 heavy (non-hydrogen) atoms. The first-order chi connectivity index (χ1) is 17.5. The number of amides is 1. The van der Waals surface area contributed by atoms with E-state index in [1.165, 1.54) is 0 Å². The second-order valence-corrected chi connectivity index (χ2v) is 10.0. The van der Waals surface area contributed by atoms with Crippen molar-refractivity contribution < 1.29 is 9.53 Å². The van der Waals surface area contributed by atoms with Crippen molar-refractivity contribution >= 4 is 34.2 Å². The van der Waals surface area contributed by atoms with Gasteiger partial charge in [-0.15, -0.1) is 0 Å². The summed E-state index contributed by atoms with van der Waals surface area (Å²) in [5.41, 5.74) is 1.66. The average Bonchev–Trinajstić information content (AvgIpc) is 2.89. The Morgan fingerprint density at radius 2 is 1.83 bits per heavy atom. The van der Waals surface area contributed by atoms with E-state index in [0.717, 1.165) is 68.1 Å². The Labute approximate surface area is 218 Å². The molecule has 0 radical (unpaired) electrons. The Morgan fingerprint density at radius 1 is 1.08 bits per heavy atom. The first-order valence-corrected chi connectivity index (χ1v) is 13.2. The molecule has 4 rings (SSSR count). The zero-order valence-electron chi connectivity index (χ0n) is 21.3. The van der Waals surface area contributed by atoms with E-state index in [0.29, 0.717) is 36.3 Å². The van der Waals surface area contributed by atoms with Gasteiger partial charge in [-0.05, 0) is 36.6 Å². The molecule has 1 aliphatic heterocycles. The van der Waals surface area contributed by atoms with E-state index < -0.39 is 0 Å². The third kappa shape index (κ3) is 7.15. The zero-order valence-corrected chi connectivity index (χ0v) is 22.0. The molecule has 1 amide bonds. The summed E-state index contributed by atoms with van der Waals surface area (Å²) in [5, 5.41) is 4.63. The lowest BCUT2D eigenvalue weighted by atomic mass is 10.1. The second-order valence-electron chi connectivity index (χ2n) is 9.61. The molecule has 1 saturated heterocycles. The molecule has 1 aromatic heterocycles. The highest BCUT2D eigenvalue weighted by atomic mass is 35.5. The van der Waals surface area contributed by atoms with Crippen LogP contribution in [-0.2, 0) is 9.53 Å². The monoisotopic (exact) mass is 509 g/mol. The van der Waals surface area contributed by atoms with Crippen molar-refractivity contribution in [2.75, 3.05) is 57.4 Å². The van der Waals surface area contributed by atoms with E-state index in [4.69, 9.17) is 26.3 Å². The number of fused-ring (bicyclic) bond motifs is 1. The quantitative estimate of drug-likeness (QED) is 0.406. The molecule has 0 saturated carbocycles. The minimum absolute atomic E-state index is 0.0616. The van der Waals surface area contributed by atoms with Crippen LogP contribution in [0.15, 0.2) is 48.5 Å². The summed E-state index contributed by atoms with van der Waals surface area (Å²) in [4.78, 5) is 27.1. The third-order valence-electron chi connectivity index (χ3n) is 6.32. The van der Waals surface area contributed by atoms with Gasteiger partial charge in [0.25, 0.3) is 0 Å². The van der Waals surface area contributed by atoms with Crippen LogP contribution >= 0.6 is 11.6 Å². The Bertz CT molecular complexity index is 1150. The lowest BCUT2D eigenvalue weighted by Gasteiger charge is -2.29. The van der Waals surface area contributed by atoms with E-state index in [1.807, 2.05) is 42.5 Å². The number of nitrogens with zero attached hydrogens (tertiary/aromatic N) is 4. The number of morpholine rings is 1. The molecule has 1 fully saturated rings. The van der Waals surface area contributed by atoms with Crippen LogP contribution in [0.25, 0.3) is 22.3 Å². The number of anilines is 1. The number of rotatable bonds is 11. The summed E-state index contributed by atoms with van der Waals surface area (Å²) in [6.07, 6.45) is 1.37. The van der Waals surface area contributed by atoms with Crippen molar-refractivity contribution in [3.8, 4) is 11.4 Å². The molecular weight excluding hydrogens is 474 g/mol. The summed E-state index contributed by atoms with van der Waals surface area (Å²) in [6, 6.07) is 15.7.